The summed E-state index contributed by atoms with van der Waals surface area (Å²) >= 11 is 0. The second kappa shape index (κ2) is 6.27. The van der Waals surface area contributed by atoms with Crippen molar-refractivity contribution in [1.82, 2.24) is 0 Å². The summed E-state index contributed by atoms with van der Waals surface area (Å²) in [5.41, 5.74) is 0.344. The molecule has 26 heavy (non-hydrogen) atoms. The fraction of sp³-hybridized carbons (Fsp3) is 0.579. The fourth-order valence-corrected chi connectivity index (χ4v) is 6.28. The predicted molar refractivity (Wildman–Crippen MR) is 98.2 cm³/mol. The Morgan fingerprint density at radius 1 is 1.27 bits per heavy atom. The van der Waals surface area contributed by atoms with Gasteiger partial charge in [0.15, 0.2) is 5.71 Å². The lowest BCUT2D eigenvalue weighted by atomic mass is 9.71. The molecule has 0 aromatic heterocycles. The van der Waals surface area contributed by atoms with E-state index in [9.17, 15) is 13.7 Å². The molecule has 2 fully saturated rings. The molecule has 0 amide bonds. The van der Waals surface area contributed by atoms with Gasteiger partial charge in [-0.05, 0) is 60.3 Å². The van der Waals surface area contributed by atoms with Gasteiger partial charge in [-0.1, -0.05) is 25.9 Å². The van der Waals surface area contributed by atoms with Crippen molar-refractivity contribution in [2.75, 3.05) is 7.11 Å². The molecular formula is C19H24N2O4S. The quantitative estimate of drug-likeness (QED) is 0.580. The normalized spacial score (nSPS) is 30.0. The summed E-state index contributed by atoms with van der Waals surface area (Å²) in [6.45, 7) is 6.44. The highest BCUT2D eigenvalue weighted by Crippen LogP contribution is 2.66. The average Bonchev–Trinajstić information content (AvgIpc) is 2.96. The molecule has 2 aliphatic rings. The SMILES string of the molecule is COc1ccc(C(C#N)=NOS(=O)(=O)C2CC3(C)CCC2C3(C)C)cc1. The average molecular weight is 376 g/mol. The largest absolute Gasteiger partial charge is 0.497 e. The smallest absolute Gasteiger partial charge is 0.331 e. The van der Waals surface area contributed by atoms with Crippen LogP contribution in [0.4, 0.5) is 0 Å². The topological polar surface area (TPSA) is 88.8 Å². The van der Waals surface area contributed by atoms with Crippen molar-refractivity contribution in [2.45, 2.75) is 45.3 Å². The third kappa shape index (κ3) is 2.86. The monoisotopic (exact) mass is 376 g/mol. The van der Waals surface area contributed by atoms with Gasteiger partial charge in [0.2, 0.25) is 0 Å². The number of methoxy groups -OCH3 is 1. The molecule has 0 saturated heterocycles. The summed E-state index contributed by atoms with van der Waals surface area (Å²) in [4.78, 5) is 0. The Bertz CT molecular complexity index is 865. The molecule has 1 aromatic carbocycles. The first-order valence-electron chi connectivity index (χ1n) is 8.69. The highest BCUT2D eigenvalue weighted by Gasteiger charge is 2.64. The maximum Gasteiger partial charge on any atom is 0.331 e. The minimum Gasteiger partial charge on any atom is -0.497 e. The fourth-order valence-electron chi connectivity index (χ4n) is 4.54. The van der Waals surface area contributed by atoms with Crippen LogP contribution in [0.1, 0.15) is 45.6 Å². The summed E-state index contributed by atoms with van der Waals surface area (Å²) < 4.78 is 35.5. The summed E-state index contributed by atoms with van der Waals surface area (Å²) in [6, 6.07) is 8.52. The predicted octanol–water partition coefficient (Wildman–Crippen LogP) is 3.48. The van der Waals surface area contributed by atoms with Crippen LogP contribution in [-0.4, -0.2) is 26.5 Å². The van der Waals surface area contributed by atoms with Crippen molar-refractivity contribution in [2.24, 2.45) is 21.9 Å². The second-order valence-electron chi connectivity index (χ2n) is 8.02. The maximum absolute atomic E-state index is 12.7. The van der Waals surface area contributed by atoms with E-state index in [0.717, 1.165) is 12.8 Å². The maximum atomic E-state index is 12.7. The van der Waals surface area contributed by atoms with Crippen molar-refractivity contribution >= 4 is 15.8 Å². The zero-order valence-electron chi connectivity index (χ0n) is 15.5. The lowest BCUT2D eigenvalue weighted by molar-refractivity contribution is 0.152. The summed E-state index contributed by atoms with van der Waals surface area (Å²) in [5.74, 6) is 0.691. The van der Waals surface area contributed by atoms with Crippen LogP contribution in [0.2, 0.25) is 0 Å². The Morgan fingerprint density at radius 2 is 1.92 bits per heavy atom. The van der Waals surface area contributed by atoms with E-state index in [4.69, 9.17) is 9.02 Å². The number of nitrogens with zero attached hydrogens (tertiary/aromatic N) is 2. The standard InChI is InChI=1S/C19H24N2O4S/c1-18(2)15-9-10-19(18,3)11-17(15)26(22,23)25-21-16(12-20)13-5-7-14(24-4)8-6-13/h5-8,15,17H,9-11H2,1-4H3. The molecule has 0 N–H and O–H groups in total. The lowest BCUT2D eigenvalue weighted by Crippen LogP contribution is -2.30. The molecule has 2 saturated carbocycles. The van der Waals surface area contributed by atoms with Crippen molar-refractivity contribution < 1.29 is 17.4 Å². The number of benzene rings is 1. The zero-order chi connectivity index (χ0) is 19.2. The molecule has 2 bridgehead atoms. The van der Waals surface area contributed by atoms with Gasteiger partial charge >= 0.3 is 10.1 Å². The van der Waals surface area contributed by atoms with Crippen LogP contribution in [0.25, 0.3) is 0 Å². The minimum absolute atomic E-state index is 0.00345. The molecule has 1 aromatic rings. The first-order valence-corrected chi connectivity index (χ1v) is 10.2. The van der Waals surface area contributed by atoms with Gasteiger partial charge in [0, 0.05) is 5.56 Å². The second-order valence-corrected chi connectivity index (χ2v) is 9.76. The first-order chi connectivity index (χ1) is 12.1. The number of oxime groups is 1. The van der Waals surface area contributed by atoms with Crippen molar-refractivity contribution in [1.29, 1.82) is 5.26 Å². The van der Waals surface area contributed by atoms with Crippen LogP contribution in [0.3, 0.4) is 0 Å². The van der Waals surface area contributed by atoms with E-state index in [1.807, 2.05) is 6.07 Å². The van der Waals surface area contributed by atoms with Crippen LogP contribution in [0, 0.1) is 28.1 Å². The summed E-state index contributed by atoms with van der Waals surface area (Å²) in [5, 5.41) is 12.4. The Kier molecular flexibility index (Phi) is 4.51. The molecule has 0 heterocycles. The van der Waals surface area contributed by atoms with Crippen molar-refractivity contribution in [3.8, 4) is 11.8 Å². The molecule has 3 rings (SSSR count). The number of nitriles is 1. The van der Waals surface area contributed by atoms with Gasteiger partial charge in [-0.15, -0.1) is 0 Å². The molecule has 3 atom stereocenters. The van der Waals surface area contributed by atoms with E-state index in [1.165, 1.54) is 0 Å². The Morgan fingerprint density at radius 3 is 2.38 bits per heavy atom. The first kappa shape index (κ1) is 18.7. The highest BCUT2D eigenvalue weighted by atomic mass is 32.2. The minimum atomic E-state index is -3.89. The molecule has 6 nitrogen and oxygen atoms in total. The van der Waals surface area contributed by atoms with Crippen molar-refractivity contribution in [3.63, 3.8) is 0 Å². The van der Waals surface area contributed by atoms with E-state index in [2.05, 4.69) is 25.9 Å². The number of rotatable bonds is 5. The number of hydrogen-bond acceptors (Lipinski definition) is 6. The Balaban J connectivity index is 1.81. The number of hydrogen-bond donors (Lipinski definition) is 0. The zero-order valence-corrected chi connectivity index (χ0v) is 16.3. The summed E-state index contributed by atoms with van der Waals surface area (Å²) in [6.07, 6.45) is 2.49. The van der Waals surface area contributed by atoms with Gasteiger partial charge < -0.3 is 4.74 Å². The van der Waals surface area contributed by atoms with Gasteiger partial charge in [0.05, 0.1) is 7.11 Å². The van der Waals surface area contributed by atoms with E-state index in [0.29, 0.717) is 17.7 Å². The molecule has 0 radical (unpaired) electrons. The van der Waals surface area contributed by atoms with Crippen LogP contribution in [0.5, 0.6) is 5.75 Å². The molecule has 140 valence electrons. The van der Waals surface area contributed by atoms with Crippen LogP contribution in [0.15, 0.2) is 29.4 Å². The highest BCUT2D eigenvalue weighted by molar-refractivity contribution is 7.87. The van der Waals surface area contributed by atoms with Gasteiger partial charge in [-0.3, -0.25) is 4.28 Å². The van der Waals surface area contributed by atoms with Gasteiger partial charge in [0.25, 0.3) is 0 Å². The molecule has 2 aliphatic carbocycles. The van der Waals surface area contributed by atoms with Gasteiger partial charge in [0.1, 0.15) is 17.1 Å². The summed E-state index contributed by atoms with van der Waals surface area (Å²) in [7, 11) is -2.35. The molecule has 3 unspecified atom stereocenters. The number of fused-ring (bicyclic) bond motifs is 2. The van der Waals surface area contributed by atoms with E-state index < -0.39 is 15.4 Å². The van der Waals surface area contributed by atoms with E-state index in [1.54, 1.807) is 31.4 Å². The van der Waals surface area contributed by atoms with Gasteiger partial charge in [-0.25, -0.2) is 0 Å². The molecule has 0 spiro atoms. The van der Waals surface area contributed by atoms with Crippen molar-refractivity contribution in [3.05, 3.63) is 29.8 Å². The van der Waals surface area contributed by atoms with Crippen LogP contribution in [-0.2, 0) is 14.4 Å². The Labute approximate surface area is 154 Å². The molecule has 0 aliphatic heterocycles. The van der Waals surface area contributed by atoms with E-state index >= 15 is 0 Å². The van der Waals surface area contributed by atoms with Crippen LogP contribution < -0.4 is 4.74 Å². The molecular weight excluding hydrogens is 352 g/mol. The third-order valence-electron chi connectivity index (χ3n) is 6.66. The van der Waals surface area contributed by atoms with Crippen LogP contribution >= 0.6 is 0 Å². The Hall–Kier alpha value is -2.07. The lowest BCUT2D eigenvalue weighted by Gasteiger charge is -2.33. The molecule has 7 heteroatoms. The number of ether oxygens (including phenoxy) is 1. The van der Waals surface area contributed by atoms with Gasteiger partial charge in [-0.2, -0.15) is 13.7 Å². The van der Waals surface area contributed by atoms with E-state index in [-0.39, 0.29) is 22.5 Å². The third-order valence-corrected chi connectivity index (χ3v) is 8.18.